The van der Waals surface area contributed by atoms with E-state index in [1.165, 1.54) is 90.9 Å². The Morgan fingerprint density at radius 2 is 0.714 bits per heavy atom. The van der Waals surface area contributed by atoms with E-state index in [1.54, 1.807) is 0 Å². The molecule has 0 heterocycles. The number of hydrogen-bond acceptors (Lipinski definition) is 8. The third-order valence-corrected chi connectivity index (χ3v) is 9.66. The van der Waals surface area contributed by atoms with Crippen molar-refractivity contribution < 1.29 is 36.0 Å². The fourth-order valence-electron chi connectivity index (χ4n) is 5.79. The van der Waals surface area contributed by atoms with Gasteiger partial charge in [-0.2, -0.15) is 0 Å². The molecule has 0 spiro atoms. The first kappa shape index (κ1) is 46.7. The second-order valence-electron chi connectivity index (χ2n) is 13.6. The van der Waals surface area contributed by atoms with Gasteiger partial charge in [-0.25, -0.2) is 9.59 Å². The van der Waals surface area contributed by atoms with Crippen LogP contribution in [0.5, 0.6) is 0 Å². The smallest absolute Gasteiger partial charge is 0.315 e. The molecular weight excluding hydrogens is 640 g/mol. The second-order valence-corrected chi connectivity index (χ2v) is 14.7. The van der Waals surface area contributed by atoms with E-state index >= 15 is 0 Å². The zero-order chi connectivity index (χ0) is 36.6. The number of allylic oxidation sites excluding steroid dienone is 4. The Hall–Kier alpha value is -2.29. The summed E-state index contributed by atoms with van der Waals surface area (Å²) in [5.74, 6) is -6.09. The Morgan fingerprint density at radius 1 is 0.449 bits per heavy atom. The van der Waals surface area contributed by atoms with Crippen LogP contribution in [0, 0.1) is 11.8 Å². The maximum atomic E-state index is 12.6. The minimum atomic E-state index is -5.07. The summed E-state index contributed by atoms with van der Waals surface area (Å²) in [6, 6.07) is 0. The molecule has 284 valence electrons. The van der Waals surface area contributed by atoms with E-state index in [2.05, 4.69) is 46.5 Å². The number of rotatable bonds is 34. The van der Waals surface area contributed by atoms with Crippen molar-refractivity contribution in [2.24, 2.45) is 11.8 Å². The number of unbranched alkanes of at least 4 members (excludes halogenated alkanes) is 20. The molecule has 49 heavy (non-hydrogen) atoms. The van der Waals surface area contributed by atoms with Crippen molar-refractivity contribution in [1.29, 1.82) is 0 Å². The van der Waals surface area contributed by atoms with Gasteiger partial charge in [0, 0.05) is 0 Å². The molecule has 0 saturated carbocycles. The van der Waals surface area contributed by atoms with Crippen LogP contribution in [0.1, 0.15) is 195 Å². The fraction of sp³-hybridized carbons (Fsp3) is 0.800. The molecule has 0 aromatic heterocycles. The number of Topliss-reactive ketones (excluding diaryl/α,β-unsaturated/α-hetero) is 2. The molecule has 0 bridgehead atoms. The van der Waals surface area contributed by atoms with Gasteiger partial charge < -0.3 is 8.37 Å². The zero-order valence-corrected chi connectivity index (χ0v) is 32.3. The summed E-state index contributed by atoms with van der Waals surface area (Å²) in [6.07, 6.45) is 35.4. The fourth-order valence-corrected chi connectivity index (χ4v) is 6.46. The van der Waals surface area contributed by atoms with Crippen molar-refractivity contribution in [2.75, 3.05) is 0 Å². The first-order valence-corrected chi connectivity index (χ1v) is 20.9. The third-order valence-electron chi connectivity index (χ3n) is 8.93. The Bertz CT molecular complexity index is 971. The van der Waals surface area contributed by atoms with Gasteiger partial charge in [0.15, 0.2) is 0 Å². The highest BCUT2D eigenvalue weighted by atomic mass is 32.3. The average Bonchev–Trinajstić information content (AvgIpc) is 3.03. The highest BCUT2D eigenvalue weighted by Gasteiger charge is 2.34. The monoisotopic (exact) mass is 710 g/mol. The van der Waals surface area contributed by atoms with Crippen molar-refractivity contribution in [3.8, 4) is 0 Å². The van der Waals surface area contributed by atoms with E-state index in [1.807, 2.05) is 0 Å². The van der Waals surface area contributed by atoms with Gasteiger partial charge in [-0.1, -0.05) is 141 Å². The molecule has 0 N–H and O–H groups in total. The van der Waals surface area contributed by atoms with Crippen LogP contribution in [-0.2, 0) is 37.9 Å². The van der Waals surface area contributed by atoms with Gasteiger partial charge in [-0.3, -0.25) is 9.59 Å². The van der Waals surface area contributed by atoms with Crippen LogP contribution in [0.2, 0.25) is 0 Å². The maximum absolute atomic E-state index is 12.6. The lowest BCUT2D eigenvalue weighted by atomic mass is 9.97. The predicted octanol–water partition coefficient (Wildman–Crippen LogP) is 11.0. The predicted molar refractivity (Wildman–Crippen MR) is 199 cm³/mol. The zero-order valence-electron chi connectivity index (χ0n) is 31.5. The van der Waals surface area contributed by atoms with E-state index in [-0.39, 0.29) is 12.8 Å². The molecule has 0 aromatic carbocycles. The van der Waals surface area contributed by atoms with Crippen LogP contribution < -0.4 is 0 Å². The lowest BCUT2D eigenvalue weighted by Gasteiger charge is -2.15. The van der Waals surface area contributed by atoms with Crippen LogP contribution >= 0.6 is 0 Å². The van der Waals surface area contributed by atoms with E-state index < -0.39 is 45.7 Å². The number of ketones is 2. The molecule has 0 fully saturated rings. The molecule has 0 saturated heterocycles. The molecule has 0 radical (unpaired) electrons. The van der Waals surface area contributed by atoms with Crippen LogP contribution in [0.3, 0.4) is 0 Å². The number of carbonyl (C=O) groups is 4. The van der Waals surface area contributed by atoms with Crippen LogP contribution in [0.15, 0.2) is 24.3 Å². The topological polar surface area (TPSA) is 121 Å². The van der Waals surface area contributed by atoms with Crippen molar-refractivity contribution in [3.63, 3.8) is 0 Å². The highest BCUT2D eigenvalue weighted by Crippen LogP contribution is 2.19. The van der Waals surface area contributed by atoms with Crippen molar-refractivity contribution in [1.82, 2.24) is 0 Å². The molecule has 0 amide bonds. The number of carbonyl (C=O) groups excluding carboxylic acids is 4. The summed E-state index contributed by atoms with van der Waals surface area (Å²) in [4.78, 5) is 49.4. The van der Waals surface area contributed by atoms with Gasteiger partial charge in [-0.15, -0.1) is 8.42 Å². The molecular formula is C40H70O8S. The van der Waals surface area contributed by atoms with Gasteiger partial charge in [0.1, 0.15) is 23.4 Å². The van der Waals surface area contributed by atoms with Crippen LogP contribution in [-0.4, -0.2) is 31.9 Å². The summed E-state index contributed by atoms with van der Waals surface area (Å²) in [6.45, 7) is 6.86. The Morgan fingerprint density at radius 3 is 1.00 bits per heavy atom. The van der Waals surface area contributed by atoms with Crippen molar-refractivity contribution >= 4 is 33.9 Å². The Balaban J connectivity index is 4.36. The minimum Gasteiger partial charge on any atom is -0.315 e. The minimum absolute atomic E-state index is 0.149. The van der Waals surface area contributed by atoms with E-state index in [0.717, 1.165) is 64.2 Å². The first-order valence-electron chi connectivity index (χ1n) is 19.6. The summed E-state index contributed by atoms with van der Waals surface area (Å²) in [7, 11) is -5.07. The lowest BCUT2D eigenvalue weighted by Crippen LogP contribution is -2.31. The SMILES string of the molecule is CCCCCCCC/C=C\CCCCCCC(C(C)=O)C(=O)OS(=O)(=O)OC(=O)C(CCCCCC/C=C\CCCCCCCC)C(C)=O. The standard InChI is InChI=1S/C40H70O8S/c1-5-7-9-11-13-15-17-19-21-23-25-27-29-31-33-37(35(3)41)39(43)47-49(45,46)48-40(44)38(36(4)42)34-32-30-28-26-24-22-20-18-16-14-12-10-8-6-2/h19-22,37-38H,5-18,23-34H2,1-4H3/b21-19-,22-20-. The van der Waals surface area contributed by atoms with Gasteiger partial charge >= 0.3 is 22.3 Å². The quantitative estimate of drug-likeness (QED) is 0.0367. The van der Waals surface area contributed by atoms with E-state index in [4.69, 9.17) is 0 Å². The third kappa shape index (κ3) is 28.1. The molecule has 0 aromatic rings. The highest BCUT2D eigenvalue weighted by molar-refractivity contribution is 7.82. The first-order chi connectivity index (χ1) is 23.6. The Kier molecular flexibility index (Phi) is 30.2. The van der Waals surface area contributed by atoms with Gasteiger partial charge in [0.2, 0.25) is 0 Å². The van der Waals surface area contributed by atoms with Gasteiger partial charge in [0.25, 0.3) is 0 Å². The number of hydrogen-bond donors (Lipinski definition) is 0. The van der Waals surface area contributed by atoms with E-state index in [9.17, 15) is 27.6 Å². The van der Waals surface area contributed by atoms with Crippen molar-refractivity contribution in [2.45, 2.75) is 195 Å². The summed E-state index contributed by atoms with van der Waals surface area (Å²) < 4.78 is 33.8. The average molecular weight is 711 g/mol. The van der Waals surface area contributed by atoms with Gasteiger partial charge in [0.05, 0.1) is 0 Å². The normalized spacial score (nSPS) is 13.1. The summed E-state index contributed by atoms with van der Waals surface area (Å²) in [5, 5.41) is 0. The molecule has 0 aliphatic carbocycles. The molecule has 0 aliphatic heterocycles. The Labute approximate surface area is 300 Å². The molecule has 2 atom stereocenters. The van der Waals surface area contributed by atoms with E-state index in [0.29, 0.717) is 12.8 Å². The molecule has 9 heteroatoms. The van der Waals surface area contributed by atoms with Crippen molar-refractivity contribution in [3.05, 3.63) is 24.3 Å². The largest absolute Gasteiger partial charge is 0.506 e. The summed E-state index contributed by atoms with van der Waals surface area (Å²) in [5.41, 5.74) is 0. The molecule has 0 aliphatic rings. The van der Waals surface area contributed by atoms with Crippen LogP contribution in [0.4, 0.5) is 0 Å². The van der Waals surface area contributed by atoms with Gasteiger partial charge in [-0.05, 0) is 78.1 Å². The molecule has 8 nitrogen and oxygen atoms in total. The second kappa shape index (κ2) is 31.7. The summed E-state index contributed by atoms with van der Waals surface area (Å²) >= 11 is 0. The molecule has 0 rings (SSSR count). The maximum Gasteiger partial charge on any atom is 0.506 e. The van der Waals surface area contributed by atoms with Crippen LogP contribution in [0.25, 0.3) is 0 Å². The lowest BCUT2D eigenvalue weighted by molar-refractivity contribution is -0.145. The molecule has 2 unspecified atom stereocenters.